The fourth-order valence-electron chi connectivity index (χ4n) is 1.35. The molecule has 0 fully saturated rings. The Morgan fingerprint density at radius 1 is 1.33 bits per heavy atom. The molecule has 5 N–H and O–H groups in total. The Morgan fingerprint density at radius 2 is 1.94 bits per heavy atom. The zero-order valence-electron chi connectivity index (χ0n) is 10.4. The minimum Gasteiger partial charge on any atom is -0.508 e. The molecular weight excluding hydrogens is 256 g/mol. The number of rotatable bonds is 1. The van der Waals surface area contributed by atoms with Crippen LogP contribution in [0.2, 0.25) is 0 Å². The summed E-state index contributed by atoms with van der Waals surface area (Å²) in [5, 5.41) is 24.2. The van der Waals surface area contributed by atoms with Gasteiger partial charge in [-0.15, -0.1) is 12.4 Å². The van der Waals surface area contributed by atoms with E-state index in [-0.39, 0.29) is 24.1 Å². The SMILES string of the molecule is CNC(=N)NC(=O)Nc1c(C)ccc(O)c1C.Cl. The number of carbonyl (C=O) groups is 1. The third kappa shape index (κ3) is 3.81. The standard InChI is InChI=1S/C11H16N4O2.ClH/c1-6-4-5-8(16)7(2)9(6)14-11(17)15-10(12)13-3;/h4-5,16H,1-3H3,(H4,12,13,14,15,17);1H. The number of carbonyl (C=O) groups excluding carboxylic acids is 1. The zero-order chi connectivity index (χ0) is 13.0. The monoisotopic (exact) mass is 272 g/mol. The molecule has 100 valence electrons. The van der Waals surface area contributed by atoms with Gasteiger partial charge in [0.2, 0.25) is 0 Å². The van der Waals surface area contributed by atoms with Gasteiger partial charge >= 0.3 is 6.03 Å². The Labute approximate surface area is 112 Å². The number of guanidine groups is 1. The molecule has 0 unspecified atom stereocenters. The van der Waals surface area contributed by atoms with E-state index in [2.05, 4.69) is 16.0 Å². The Kier molecular flexibility index (Phi) is 5.98. The van der Waals surface area contributed by atoms with E-state index in [1.54, 1.807) is 19.1 Å². The minimum atomic E-state index is -0.527. The van der Waals surface area contributed by atoms with E-state index >= 15 is 0 Å². The highest BCUT2D eigenvalue weighted by Gasteiger charge is 2.10. The topological polar surface area (TPSA) is 97.2 Å². The van der Waals surface area contributed by atoms with Crippen LogP contribution in [0, 0.1) is 19.3 Å². The number of aryl methyl sites for hydroxylation is 1. The van der Waals surface area contributed by atoms with Crippen LogP contribution >= 0.6 is 12.4 Å². The minimum absolute atomic E-state index is 0. The summed E-state index contributed by atoms with van der Waals surface area (Å²) >= 11 is 0. The molecule has 0 heterocycles. The first-order valence-corrected chi connectivity index (χ1v) is 5.09. The van der Waals surface area contributed by atoms with Crippen LogP contribution in [0.3, 0.4) is 0 Å². The van der Waals surface area contributed by atoms with Crippen molar-refractivity contribution < 1.29 is 9.90 Å². The average molecular weight is 273 g/mol. The summed E-state index contributed by atoms with van der Waals surface area (Å²) in [6.07, 6.45) is 0. The van der Waals surface area contributed by atoms with Gasteiger partial charge in [0.1, 0.15) is 5.75 Å². The summed E-state index contributed by atoms with van der Waals surface area (Å²) in [6, 6.07) is 2.76. The van der Waals surface area contributed by atoms with Crippen molar-refractivity contribution in [2.24, 2.45) is 0 Å². The largest absolute Gasteiger partial charge is 0.508 e. The summed E-state index contributed by atoms with van der Waals surface area (Å²) in [4.78, 5) is 11.5. The molecular formula is C11H17ClN4O2. The van der Waals surface area contributed by atoms with Crippen molar-refractivity contribution in [2.75, 3.05) is 12.4 Å². The van der Waals surface area contributed by atoms with Crippen LogP contribution in [0.4, 0.5) is 10.5 Å². The van der Waals surface area contributed by atoms with Crippen LogP contribution in [-0.2, 0) is 0 Å². The molecule has 0 aliphatic carbocycles. The molecule has 1 aromatic rings. The number of hydrogen-bond acceptors (Lipinski definition) is 3. The number of amides is 2. The number of anilines is 1. The predicted molar refractivity (Wildman–Crippen MR) is 73.8 cm³/mol. The van der Waals surface area contributed by atoms with Gasteiger partial charge in [-0.1, -0.05) is 6.07 Å². The van der Waals surface area contributed by atoms with E-state index in [4.69, 9.17) is 5.41 Å². The number of urea groups is 1. The van der Waals surface area contributed by atoms with Crippen molar-refractivity contribution >= 4 is 30.1 Å². The number of hydrogen-bond donors (Lipinski definition) is 5. The molecule has 0 aliphatic rings. The lowest BCUT2D eigenvalue weighted by molar-refractivity contribution is 0.256. The van der Waals surface area contributed by atoms with Gasteiger partial charge in [-0.2, -0.15) is 0 Å². The van der Waals surface area contributed by atoms with Gasteiger partial charge < -0.3 is 15.7 Å². The second-order valence-corrected chi connectivity index (χ2v) is 3.61. The molecule has 0 saturated heterocycles. The highest BCUT2D eigenvalue weighted by Crippen LogP contribution is 2.27. The molecule has 1 rings (SSSR count). The number of phenolic OH excluding ortho intramolecular Hbond substituents is 1. The highest BCUT2D eigenvalue weighted by atomic mass is 35.5. The molecule has 18 heavy (non-hydrogen) atoms. The molecule has 0 bridgehead atoms. The summed E-state index contributed by atoms with van der Waals surface area (Å²) in [6.45, 7) is 3.53. The Morgan fingerprint density at radius 3 is 2.50 bits per heavy atom. The molecule has 0 radical (unpaired) electrons. The highest BCUT2D eigenvalue weighted by molar-refractivity contribution is 6.02. The van der Waals surface area contributed by atoms with Gasteiger partial charge in [-0.05, 0) is 25.5 Å². The van der Waals surface area contributed by atoms with Gasteiger partial charge in [0.15, 0.2) is 5.96 Å². The van der Waals surface area contributed by atoms with E-state index in [0.29, 0.717) is 11.3 Å². The molecule has 0 saturated carbocycles. The van der Waals surface area contributed by atoms with Gasteiger partial charge in [-0.3, -0.25) is 10.7 Å². The Balaban J connectivity index is 0.00000289. The maximum absolute atomic E-state index is 11.5. The van der Waals surface area contributed by atoms with E-state index in [1.165, 1.54) is 7.05 Å². The van der Waals surface area contributed by atoms with Crippen molar-refractivity contribution in [3.8, 4) is 5.75 Å². The van der Waals surface area contributed by atoms with Crippen LogP contribution in [-0.4, -0.2) is 24.1 Å². The lowest BCUT2D eigenvalue weighted by Gasteiger charge is -2.13. The maximum Gasteiger partial charge on any atom is 0.326 e. The first-order chi connectivity index (χ1) is 7.95. The smallest absolute Gasteiger partial charge is 0.326 e. The fraction of sp³-hybridized carbons (Fsp3) is 0.273. The molecule has 7 heteroatoms. The van der Waals surface area contributed by atoms with Crippen molar-refractivity contribution in [1.82, 2.24) is 10.6 Å². The second-order valence-electron chi connectivity index (χ2n) is 3.61. The zero-order valence-corrected chi connectivity index (χ0v) is 11.2. The number of benzene rings is 1. The number of halogens is 1. The third-order valence-electron chi connectivity index (χ3n) is 2.37. The third-order valence-corrected chi connectivity index (χ3v) is 2.37. The molecule has 6 nitrogen and oxygen atoms in total. The van der Waals surface area contributed by atoms with Crippen LogP contribution in [0.25, 0.3) is 0 Å². The molecule has 0 aromatic heterocycles. The average Bonchev–Trinajstić information content (AvgIpc) is 2.29. The van der Waals surface area contributed by atoms with Crippen LogP contribution in [0.5, 0.6) is 5.75 Å². The molecule has 0 atom stereocenters. The molecule has 1 aromatic carbocycles. The number of nitrogens with one attached hydrogen (secondary N) is 4. The predicted octanol–water partition coefficient (Wildman–Crippen LogP) is 1.71. The lowest BCUT2D eigenvalue weighted by Crippen LogP contribution is -2.40. The summed E-state index contributed by atoms with van der Waals surface area (Å²) in [7, 11) is 1.54. The number of aromatic hydroxyl groups is 1. The maximum atomic E-state index is 11.5. The molecule has 0 spiro atoms. The van der Waals surface area contributed by atoms with Crippen LogP contribution in [0.15, 0.2) is 12.1 Å². The normalized spacial score (nSPS) is 9.06. The van der Waals surface area contributed by atoms with Gasteiger partial charge in [0.05, 0.1) is 5.69 Å². The van der Waals surface area contributed by atoms with Gasteiger partial charge in [-0.25, -0.2) is 4.79 Å². The first-order valence-electron chi connectivity index (χ1n) is 5.09. The van der Waals surface area contributed by atoms with Crippen molar-refractivity contribution in [3.63, 3.8) is 0 Å². The quantitative estimate of drug-likeness (QED) is 0.398. The van der Waals surface area contributed by atoms with Gasteiger partial charge in [0, 0.05) is 12.6 Å². The first kappa shape index (κ1) is 16.1. The number of phenols is 1. The van der Waals surface area contributed by atoms with Crippen LogP contribution in [0.1, 0.15) is 11.1 Å². The summed E-state index contributed by atoms with van der Waals surface area (Å²) in [5.74, 6) is 0.0209. The lowest BCUT2D eigenvalue weighted by atomic mass is 10.1. The van der Waals surface area contributed by atoms with E-state index < -0.39 is 6.03 Å². The van der Waals surface area contributed by atoms with E-state index in [1.807, 2.05) is 6.92 Å². The van der Waals surface area contributed by atoms with E-state index in [9.17, 15) is 9.90 Å². The fourth-order valence-corrected chi connectivity index (χ4v) is 1.35. The van der Waals surface area contributed by atoms with Crippen molar-refractivity contribution in [2.45, 2.75) is 13.8 Å². The Hall–Kier alpha value is -1.95. The summed E-state index contributed by atoms with van der Waals surface area (Å²) in [5.41, 5.74) is 1.98. The summed E-state index contributed by atoms with van der Waals surface area (Å²) < 4.78 is 0. The molecule has 2 amide bonds. The molecule has 0 aliphatic heterocycles. The van der Waals surface area contributed by atoms with Crippen molar-refractivity contribution in [1.29, 1.82) is 5.41 Å². The van der Waals surface area contributed by atoms with E-state index in [0.717, 1.165) is 5.56 Å². The Bertz CT molecular complexity index is 463. The van der Waals surface area contributed by atoms with Crippen molar-refractivity contribution in [3.05, 3.63) is 23.3 Å². The van der Waals surface area contributed by atoms with Gasteiger partial charge in [0.25, 0.3) is 0 Å². The second kappa shape index (κ2) is 6.70. The van der Waals surface area contributed by atoms with Crippen LogP contribution < -0.4 is 16.0 Å².